The molecule has 0 spiro atoms. The highest BCUT2D eigenvalue weighted by Crippen LogP contribution is 2.10. The van der Waals surface area contributed by atoms with Crippen molar-refractivity contribution in [2.75, 3.05) is 7.11 Å². The fourth-order valence-corrected chi connectivity index (χ4v) is 3.38. The molecule has 0 saturated carbocycles. The van der Waals surface area contributed by atoms with Crippen molar-refractivity contribution in [1.29, 1.82) is 0 Å². The van der Waals surface area contributed by atoms with Gasteiger partial charge in [-0.25, -0.2) is 14.6 Å². The van der Waals surface area contributed by atoms with Gasteiger partial charge in [0, 0.05) is 18.3 Å². The molecule has 9 heteroatoms. The Labute approximate surface area is 189 Å². The zero-order chi connectivity index (χ0) is 22.8. The Morgan fingerprint density at radius 3 is 2.44 bits per heavy atom. The molecule has 1 aromatic heterocycles. The molecule has 0 fully saturated rings. The van der Waals surface area contributed by atoms with Crippen LogP contribution in [0.15, 0.2) is 65.5 Å². The van der Waals surface area contributed by atoms with Crippen molar-refractivity contribution in [2.45, 2.75) is 25.6 Å². The number of ether oxygens (including phenoxy) is 3. The topological polar surface area (TPSA) is 104 Å². The zero-order valence-corrected chi connectivity index (χ0v) is 18.2. The van der Waals surface area contributed by atoms with Crippen molar-refractivity contribution in [3.63, 3.8) is 0 Å². The molecule has 0 radical (unpaired) electrons. The highest BCUT2D eigenvalue weighted by Gasteiger charge is 2.20. The van der Waals surface area contributed by atoms with E-state index in [4.69, 9.17) is 14.2 Å². The lowest BCUT2D eigenvalue weighted by molar-refractivity contribution is -0.143. The van der Waals surface area contributed by atoms with E-state index in [9.17, 15) is 14.4 Å². The molecule has 0 aliphatic heterocycles. The highest BCUT2D eigenvalue weighted by molar-refractivity contribution is 7.07. The van der Waals surface area contributed by atoms with E-state index in [1.807, 2.05) is 23.6 Å². The summed E-state index contributed by atoms with van der Waals surface area (Å²) in [5.41, 5.74) is 4.33. The molecule has 3 aromatic rings. The third-order valence-corrected chi connectivity index (χ3v) is 5.14. The first-order chi connectivity index (χ1) is 15.5. The number of nitrogens with one attached hydrogen (secondary N) is 1. The van der Waals surface area contributed by atoms with E-state index >= 15 is 0 Å². The summed E-state index contributed by atoms with van der Waals surface area (Å²) in [6.45, 7) is 0.387. The van der Waals surface area contributed by atoms with Gasteiger partial charge in [0.2, 0.25) is 0 Å². The van der Waals surface area contributed by atoms with E-state index in [0.29, 0.717) is 13.0 Å². The van der Waals surface area contributed by atoms with Gasteiger partial charge in [0.15, 0.2) is 0 Å². The molecule has 1 N–H and O–H groups in total. The van der Waals surface area contributed by atoms with Crippen molar-refractivity contribution in [1.82, 2.24) is 10.3 Å². The van der Waals surface area contributed by atoms with Crippen molar-refractivity contribution >= 4 is 29.4 Å². The lowest BCUT2D eigenvalue weighted by Gasteiger charge is -2.15. The summed E-state index contributed by atoms with van der Waals surface area (Å²) in [4.78, 5) is 40.1. The van der Waals surface area contributed by atoms with Crippen molar-refractivity contribution in [3.8, 4) is 0 Å². The van der Waals surface area contributed by atoms with E-state index in [1.165, 1.54) is 30.6 Å². The van der Waals surface area contributed by atoms with Gasteiger partial charge in [0.1, 0.15) is 12.6 Å². The Morgan fingerprint density at radius 1 is 1.03 bits per heavy atom. The molecule has 1 atom stereocenters. The van der Waals surface area contributed by atoms with Gasteiger partial charge in [-0.05, 0) is 23.3 Å². The largest absolute Gasteiger partial charge is 0.516 e. The normalized spacial score (nSPS) is 11.4. The average molecular weight is 455 g/mol. The minimum atomic E-state index is -1.06. The molecule has 0 bridgehead atoms. The molecule has 3 rings (SSSR count). The number of hydrogen-bond donors (Lipinski definition) is 1. The number of thiazole rings is 1. The second kappa shape index (κ2) is 11.7. The van der Waals surface area contributed by atoms with Gasteiger partial charge >= 0.3 is 18.1 Å². The molecule has 2 aromatic carbocycles. The van der Waals surface area contributed by atoms with E-state index in [2.05, 4.69) is 10.3 Å². The minimum absolute atomic E-state index is 0.0137. The highest BCUT2D eigenvalue weighted by atomic mass is 32.1. The number of esters is 2. The summed E-state index contributed by atoms with van der Waals surface area (Å²) in [6.07, 6.45) is -0.654. The third-order valence-electron chi connectivity index (χ3n) is 4.50. The van der Waals surface area contributed by atoms with E-state index in [1.54, 1.807) is 29.8 Å². The Balaban J connectivity index is 1.49. The Kier molecular flexibility index (Phi) is 8.47. The molecule has 0 aliphatic carbocycles. The van der Waals surface area contributed by atoms with Crippen LogP contribution in [-0.4, -0.2) is 36.2 Å². The summed E-state index contributed by atoms with van der Waals surface area (Å²) in [7, 11) is 1.34. The molecule has 166 valence electrons. The molecule has 0 unspecified atom stereocenters. The van der Waals surface area contributed by atoms with Gasteiger partial charge in [-0.2, -0.15) is 0 Å². The van der Waals surface area contributed by atoms with Gasteiger partial charge in [-0.3, -0.25) is 10.1 Å². The Bertz CT molecular complexity index is 1020. The van der Waals surface area contributed by atoms with Crippen LogP contribution in [0.3, 0.4) is 0 Å². The fraction of sp³-hybridized carbons (Fsp3) is 0.217. The van der Waals surface area contributed by atoms with Crippen LogP contribution in [0, 0.1) is 0 Å². The molecule has 32 heavy (non-hydrogen) atoms. The van der Waals surface area contributed by atoms with Crippen LogP contribution in [0.5, 0.6) is 0 Å². The van der Waals surface area contributed by atoms with Crippen LogP contribution < -0.4 is 5.32 Å². The molecule has 8 nitrogen and oxygen atoms in total. The number of benzene rings is 2. The second-order valence-electron chi connectivity index (χ2n) is 6.75. The molecule has 0 amide bonds. The van der Waals surface area contributed by atoms with Crippen LogP contribution in [0.2, 0.25) is 0 Å². The summed E-state index contributed by atoms with van der Waals surface area (Å²) < 4.78 is 14.5. The number of rotatable bonds is 9. The predicted molar refractivity (Wildman–Crippen MR) is 117 cm³/mol. The third kappa shape index (κ3) is 7.00. The number of aromatic nitrogens is 1. The summed E-state index contributed by atoms with van der Waals surface area (Å²) in [6, 6.07) is 15.0. The predicted octanol–water partition coefficient (Wildman–Crippen LogP) is 3.51. The van der Waals surface area contributed by atoms with Crippen LogP contribution >= 0.6 is 11.3 Å². The smallest absolute Gasteiger partial charge is 0.468 e. The first-order valence-corrected chi connectivity index (χ1v) is 10.7. The van der Waals surface area contributed by atoms with Gasteiger partial charge < -0.3 is 14.2 Å². The van der Waals surface area contributed by atoms with E-state index in [-0.39, 0.29) is 18.1 Å². The zero-order valence-electron chi connectivity index (χ0n) is 17.4. The maximum absolute atomic E-state index is 12.1. The SMILES string of the molecule is COC(=O)[C@H](Cc1cscn1)NCc1ccc(C(=O)OC(=O)OCc2ccccc2)cc1. The molecule has 0 saturated heterocycles. The Morgan fingerprint density at radius 2 is 1.78 bits per heavy atom. The van der Waals surface area contributed by atoms with Crippen LogP contribution in [-0.2, 0) is 38.6 Å². The van der Waals surface area contributed by atoms with Crippen molar-refractivity contribution in [2.24, 2.45) is 0 Å². The van der Waals surface area contributed by atoms with Crippen LogP contribution in [0.25, 0.3) is 0 Å². The fourth-order valence-electron chi connectivity index (χ4n) is 2.81. The molecule has 0 aliphatic rings. The first kappa shape index (κ1) is 23.1. The van der Waals surface area contributed by atoms with Gasteiger partial charge in [-0.15, -0.1) is 11.3 Å². The van der Waals surface area contributed by atoms with Gasteiger partial charge in [0.05, 0.1) is 23.9 Å². The van der Waals surface area contributed by atoms with Gasteiger partial charge in [-0.1, -0.05) is 42.5 Å². The minimum Gasteiger partial charge on any atom is -0.468 e. The monoisotopic (exact) mass is 454 g/mol. The quantitative estimate of drug-likeness (QED) is 0.387. The van der Waals surface area contributed by atoms with Gasteiger partial charge in [0.25, 0.3) is 0 Å². The van der Waals surface area contributed by atoms with E-state index in [0.717, 1.165) is 16.8 Å². The molecular formula is C23H22N2O6S. The lowest BCUT2D eigenvalue weighted by Crippen LogP contribution is -2.39. The summed E-state index contributed by atoms with van der Waals surface area (Å²) >= 11 is 1.46. The maximum Gasteiger partial charge on any atom is 0.516 e. The van der Waals surface area contributed by atoms with Crippen LogP contribution in [0.4, 0.5) is 4.79 Å². The number of carbonyl (C=O) groups is 3. The standard InChI is InChI=1S/C23H22N2O6S/c1-29-22(27)20(11-19-14-32-15-25-19)24-12-16-7-9-18(10-8-16)21(26)31-23(28)30-13-17-5-3-2-4-6-17/h2-10,14-15,20,24H,11-13H2,1H3/t20-/m0/s1. The second-order valence-corrected chi connectivity index (χ2v) is 7.47. The number of methoxy groups -OCH3 is 1. The number of hydrogen-bond acceptors (Lipinski definition) is 9. The van der Waals surface area contributed by atoms with Crippen LogP contribution in [0.1, 0.15) is 27.2 Å². The summed E-state index contributed by atoms with van der Waals surface area (Å²) in [5, 5.41) is 5.02. The molecular weight excluding hydrogens is 432 g/mol. The average Bonchev–Trinajstić information content (AvgIpc) is 3.34. The molecule has 1 heterocycles. The maximum atomic E-state index is 12.1. The van der Waals surface area contributed by atoms with Crippen molar-refractivity contribution in [3.05, 3.63) is 87.9 Å². The lowest BCUT2D eigenvalue weighted by atomic mass is 10.1. The number of nitrogens with zero attached hydrogens (tertiary/aromatic N) is 1. The summed E-state index contributed by atoms with van der Waals surface area (Å²) in [5.74, 6) is -1.19. The van der Waals surface area contributed by atoms with E-state index < -0.39 is 18.2 Å². The number of carbonyl (C=O) groups excluding carboxylic acids is 3. The Hall–Kier alpha value is -3.56. The van der Waals surface area contributed by atoms with Crippen molar-refractivity contribution < 1.29 is 28.6 Å². The first-order valence-electron chi connectivity index (χ1n) is 9.75.